The zero-order valence-corrected chi connectivity index (χ0v) is 29.5. The summed E-state index contributed by atoms with van der Waals surface area (Å²) in [6.45, 7) is 16.3. The minimum atomic E-state index is -1.47. The molecular formula is C36H55ClN2O4S. The van der Waals surface area contributed by atoms with E-state index in [-0.39, 0.29) is 29.1 Å². The molecule has 1 amide bonds. The van der Waals surface area contributed by atoms with E-state index in [0.29, 0.717) is 24.0 Å². The van der Waals surface area contributed by atoms with Crippen LogP contribution in [0.3, 0.4) is 0 Å². The summed E-state index contributed by atoms with van der Waals surface area (Å²) in [6, 6.07) is 11.8. The highest BCUT2D eigenvalue weighted by atomic mass is 35.5. The summed E-state index contributed by atoms with van der Waals surface area (Å²) in [6.07, 6.45) is 6.74. The number of halogens is 1. The number of hydrogen-bond acceptors (Lipinski definition) is 5. The number of carbonyl (C=O) groups excluding carboxylic acids is 1. The van der Waals surface area contributed by atoms with Crippen molar-refractivity contribution < 1.29 is 18.8 Å². The molecule has 1 heterocycles. The molecule has 2 aromatic rings. The van der Waals surface area contributed by atoms with Crippen LogP contribution in [0.15, 0.2) is 36.4 Å². The first kappa shape index (κ1) is 36.4. The van der Waals surface area contributed by atoms with Crippen molar-refractivity contribution in [3.05, 3.63) is 58.1 Å². The number of nitrogens with zero attached hydrogens (tertiary/aromatic N) is 1. The van der Waals surface area contributed by atoms with E-state index in [9.17, 15) is 14.1 Å². The molecule has 2 N–H and O–H groups in total. The minimum absolute atomic E-state index is 0.128. The molecule has 2 aliphatic rings. The minimum Gasteiger partial charge on any atom is -0.491 e. The number of aryl methyl sites for hydroxylation is 1. The molecule has 0 bridgehead atoms. The van der Waals surface area contributed by atoms with Crippen LogP contribution in [-0.2, 0) is 17.4 Å². The molecular weight excluding hydrogens is 592 g/mol. The second kappa shape index (κ2) is 17.6. The first-order valence-electron chi connectivity index (χ1n) is 16.8. The number of amides is 1. The molecule has 0 spiro atoms. The molecule has 0 saturated heterocycles. The van der Waals surface area contributed by atoms with Crippen LogP contribution in [0.5, 0.6) is 5.75 Å². The molecule has 1 saturated carbocycles. The fourth-order valence-corrected chi connectivity index (χ4v) is 7.75. The summed E-state index contributed by atoms with van der Waals surface area (Å²) < 4.78 is 22.2. The maximum atomic E-state index is 13.3. The fraction of sp³-hybridized carbons (Fsp3) is 0.639. The van der Waals surface area contributed by atoms with E-state index in [2.05, 4.69) is 42.5 Å². The van der Waals surface area contributed by atoms with Gasteiger partial charge in [-0.1, -0.05) is 65.1 Å². The van der Waals surface area contributed by atoms with Gasteiger partial charge in [-0.15, -0.1) is 0 Å². The predicted octanol–water partition coefficient (Wildman–Crippen LogP) is 8.32. The van der Waals surface area contributed by atoms with Crippen molar-refractivity contribution in [3.8, 4) is 5.75 Å². The van der Waals surface area contributed by atoms with Crippen LogP contribution >= 0.6 is 11.6 Å². The molecule has 8 heteroatoms. The van der Waals surface area contributed by atoms with Crippen molar-refractivity contribution in [3.63, 3.8) is 0 Å². The SMILES string of the molecule is CC.CCCc1cc(Cl)ccc1C1COc2ccc(C(=O)NS(=O)C(C)C(C)CCC)cc2N(CC2CCC2C[C@@H](C)O)C1. The third-order valence-electron chi connectivity index (χ3n) is 9.26. The van der Waals surface area contributed by atoms with E-state index in [1.54, 1.807) is 6.07 Å². The summed E-state index contributed by atoms with van der Waals surface area (Å²) in [5, 5.41) is 10.7. The maximum absolute atomic E-state index is 13.3. The number of rotatable bonds is 13. The number of fused-ring (bicyclic) bond motifs is 1. The number of aliphatic hydroxyl groups is 1. The number of nitrogens with one attached hydrogen (secondary N) is 1. The van der Waals surface area contributed by atoms with Gasteiger partial charge in [0.15, 0.2) is 0 Å². The highest BCUT2D eigenvalue weighted by Crippen LogP contribution is 2.42. The second-order valence-corrected chi connectivity index (χ2v) is 14.5. The van der Waals surface area contributed by atoms with Crippen molar-refractivity contribution >= 4 is 34.2 Å². The molecule has 1 aliphatic carbocycles. The van der Waals surface area contributed by atoms with Gasteiger partial charge in [-0.2, -0.15) is 0 Å². The van der Waals surface area contributed by atoms with Gasteiger partial charge in [0, 0.05) is 29.6 Å². The Hall–Kier alpha value is -2.09. The average molecular weight is 647 g/mol. The van der Waals surface area contributed by atoms with Crippen LogP contribution in [-0.4, -0.2) is 46.3 Å². The summed E-state index contributed by atoms with van der Waals surface area (Å²) >= 11 is 6.39. The summed E-state index contributed by atoms with van der Waals surface area (Å²) in [5.74, 6) is 1.78. The molecule has 7 atom stereocenters. The highest BCUT2D eigenvalue weighted by molar-refractivity contribution is 7.84. The van der Waals surface area contributed by atoms with Crippen LogP contribution in [0.2, 0.25) is 5.02 Å². The second-order valence-electron chi connectivity index (χ2n) is 12.6. The number of hydrogen-bond donors (Lipinski definition) is 2. The third-order valence-corrected chi connectivity index (χ3v) is 11.0. The Morgan fingerprint density at radius 1 is 1.09 bits per heavy atom. The van der Waals surface area contributed by atoms with Gasteiger partial charge in [0.2, 0.25) is 0 Å². The number of anilines is 1. The smallest absolute Gasteiger partial charge is 0.263 e. The Labute approximate surface area is 273 Å². The molecule has 6 unspecified atom stereocenters. The number of carbonyl (C=O) groups is 1. The topological polar surface area (TPSA) is 78.9 Å². The number of ether oxygens (including phenoxy) is 1. The van der Waals surface area contributed by atoms with E-state index in [4.69, 9.17) is 16.3 Å². The van der Waals surface area contributed by atoms with E-state index >= 15 is 0 Å². The van der Waals surface area contributed by atoms with Crippen molar-refractivity contribution in [2.75, 3.05) is 24.6 Å². The lowest BCUT2D eigenvalue weighted by Crippen LogP contribution is -2.41. The van der Waals surface area contributed by atoms with Gasteiger partial charge in [-0.25, -0.2) is 4.21 Å². The molecule has 1 aliphatic heterocycles. The van der Waals surface area contributed by atoms with Gasteiger partial charge in [0.1, 0.15) is 16.7 Å². The standard InChI is InChI=1S/C34H49ClN2O4S.C2H6/c1-6-8-22(3)24(5)42(40)36-34(39)27-12-15-33-32(18-27)37(19-28-11-10-25(28)16-23(4)38)20-29(21-41-33)31-14-13-30(35)17-26(31)9-7-2;1-2/h12-15,17-18,22-25,28-29,38H,6-11,16,19-21H2,1-5H3,(H,36,39);1-2H3/t22?,23-,24?,25?,28?,29?,42?;/m1./s1. The van der Waals surface area contributed by atoms with E-state index in [1.165, 1.54) is 11.1 Å². The molecule has 246 valence electrons. The largest absolute Gasteiger partial charge is 0.491 e. The molecule has 0 radical (unpaired) electrons. The van der Waals surface area contributed by atoms with E-state index in [1.807, 2.05) is 45.9 Å². The van der Waals surface area contributed by atoms with Gasteiger partial charge in [-0.05, 0) is 105 Å². The Morgan fingerprint density at radius 3 is 2.45 bits per heavy atom. The van der Waals surface area contributed by atoms with Crippen LogP contribution in [0.25, 0.3) is 0 Å². The van der Waals surface area contributed by atoms with E-state index < -0.39 is 11.0 Å². The van der Waals surface area contributed by atoms with Crippen molar-refractivity contribution in [1.29, 1.82) is 0 Å². The van der Waals surface area contributed by atoms with Crippen LogP contribution in [0, 0.1) is 17.8 Å². The third kappa shape index (κ3) is 9.46. The van der Waals surface area contributed by atoms with Crippen LogP contribution < -0.4 is 14.4 Å². The van der Waals surface area contributed by atoms with Crippen LogP contribution in [0.1, 0.15) is 114 Å². The summed E-state index contributed by atoms with van der Waals surface area (Å²) in [4.78, 5) is 15.7. The van der Waals surface area contributed by atoms with Gasteiger partial charge in [-0.3, -0.25) is 9.52 Å². The number of aliphatic hydroxyl groups excluding tert-OH is 1. The molecule has 0 aromatic heterocycles. The molecule has 1 fully saturated rings. The lowest BCUT2D eigenvalue weighted by Gasteiger charge is -2.41. The Morgan fingerprint density at radius 2 is 1.82 bits per heavy atom. The lowest BCUT2D eigenvalue weighted by molar-refractivity contribution is 0.0893. The van der Waals surface area contributed by atoms with Gasteiger partial charge in [0.05, 0.1) is 23.6 Å². The summed E-state index contributed by atoms with van der Waals surface area (Å²) in [5.41, 5.74) is 3.90. The lowest BCUT2D eigenvalue weighted by atomic mass is 9.70. The first-order chi connectivity index (χ1) is 21.1. The monoisotopic (exact) mass is 646 g/mol. The predicted molar refractivity (Wildman–Crippen MR) is 185 cm³/mol. The van der Waals surface area contributed by atoms with Gasteiger partial charge < -0.3 is 14.7 Å². The highest BCUT2D eigenvalue weighted by Gasteiger charge is 2.35. The van der Waals surface area contributed by atoms with Crippen molar-refractivity contribution in [1.82, 2.24) is 4.72 Å². The zero-order valence-electron chi connectivity index (χ0n) is 27.9. The first-order valence-corrected chi connectivity index (χ1v) is 18.4. The zero-order chi connectivity index (χ0) is 32.4. The molecule has 44 heavy (non-hydrogen) atoms. The van der Waals surface area contributed by atoms with Gasteiger partial charge in [0.25, 0.3) is 5.91 Å². The Kier molecular flexibility index (Phi) is 14.5. The summed E-state index contributed by atoms with van der Waals surface area (Å²) in [7, 11) is -1.47. The fourth-order valence-electron chi connectivity index (χ4n) is 6.51. The van der Waals surface area contributed by atoms with Crippen molar-refractivity contribution in [2.45, 2.75) is 111 Å². The average Bonchev–Trinajstić information content (AvgIpc) is 3.18. The van der Waals surface area contributed by atoms with Crippen molar-refractivity contribution in [2.24, 2.45) is 17.8 Å². The molecule has 4 rings (SSSR count). The van der Waals surface area contributed by atoms with Gasteiger partial charge >= 0.3 is 0 Å². The number of benzene rings is 2. The maximum Gasteiger partial charge on any atom is 0.263 e. The Bertz CT molecular complexity index is 1240. The molecule has 6 nitrogen and oxygen atoms in total. The Balaban J connectivity index is 0.00000259. The van der Waals surface area contributed by atoms with E-state index in [0.717, 1.165) is 74.5 Å². The quantitative estimate of drug-likeness (QED) is 0.229. The van der Waals surface area contributed by atoms with Crippen LogP contribution in [0.4, 0.5) is 5.69 Å². The molecule has 2 aromatic carbocycles. The normalized spacial score (nSPS) is 22.1.